The second-order valence-corrected chi connectivity index (χ2v) is 9.38. The van der Waals surface area contributed by atoms with Gasteiger partial charge in [-0.3, -0.25) is 9.58 Å². The molecular weight excluding hydrogens is 554 g/mol. The fourth-order valence-corrected chi connectivity index (χ4v) is 4.10. The third kappa shape index (κ3) is 9.97. The molecule has 224 valence electrons. The first-order valence-corrected chi connectivity index (χ1v) is 12.1. The monoisotopic (exact) mass is 584 g/mol. The number of alkyl halides is 6. The van der Waals surface area contributed by atoms with Crippen molar-refractivity contribution in [3.05, 3.63) is 42.4 Å². The van der Waals surface area contributed by atoms with Crippen LogP contribution in [0.3, 0.4) is 0 Å². The lowest BCUT2D eigenvalue weighted by Gasteiger charge is -2.50. The van der Waals surface area contributed by atoms with Crippen LogP contribution >= 0.6 is 0 Å². The first-order valence-electron chi connectivity index (χ1n) is 12.1. The standard InChI is InChI=1S/C20H28N4O2.2C2HF3O2/c1-16(2)24-13-17(11-22-24)12-23-14-20(15-23)18(7-10-26-20)6-9-25-19-5-3-4-8-21-19;2*3-2(4,5)1(6)7/h3-5,8,11,13,16,18H,6-7,9-10,12,14-15H2,1-2H3;2*(H,6,7). The minimum absolute atomic E-state index is 0.0293. The maximum atomic E-state index is 10.6. The van der Waals surface area contributed by atoms with Crippen molar-refractivity contribution in [2.45, 2.75) is 57.2 Å². The molecule has 2 aromatic rings. The molecule has 0 saturated carbocycles. The third-order valence-electron chi connectivity index (χ3n) is 6.01. The SMILES string of the molecule is CC(C)n1cc(CN2CC3(C2)OCCC3CCOc2ccccn2)cn1.O=C(O)C(F)(F)F.O=C(O)C(F)(F)F. The number of halogens is 6. The van der Waals surface area contributed by atoms with Gasteiger partial charge < -0.3 is 19.7 Å². The number of carbonyl (C=O) groups is 2. The minimum Gasteiger partial charge on any atom is -0.478 e. The molecule has 1 spiro atoms. The van der Waals surface area contributed by atoms with Gasteiger partial charge >= 0.3 is 24.3 Å². The molecule has 0 bridgehead atoms. The van der Waals surface area contributed by atoms with E-state index in [-0.39, 0.29) is 5.60 Å². The van der Waals surface area contributed by atoms with Crippen LogP contribution < -0.4 is 4.74 Å². The molecule has 40 heavy (non-hydrogen) atoms. The average Bonchev–Trinajstić information content (AvgIpc) is 3.47. The second kappa shape index (κ2) is 13.8. The molecule has 0 aromatic carbocycles. The lowest BCUT2D eigenvalue weighted by molar-refractivity contribution is -0.193. The van der Waals surface area contributed by atoms with Crippen LogP contribution in [0.15, 0.2) is 36.8 Å². The lowest BCUT2D eigenvalue weighted by atomic mass is 9.79. The molecule has 2 aliphatic heterocycles. The molecule has 2 aromatic heterocycles. The zero-order valence-corrected chi connectivity index (χ0v) is 21.7. The fraction of sp³-hybridized carbons (Fsp3) is 0.583. The largest absolute Gasteiger partial charge is 0.490 e. The summed E-state index contributed by atoms with van der Waals surface area (Å²) in [5.74, 6) is -4.24. The molecular formula is C24H30F6N4O6. The normalized spacial score (nSPS) is 18.3. The van der Waals surface area contributed by atoms with Gasteiger partial charge in [-0.15, -0.1) is 0 Å². The molecule has 2 N–H and O–H groups in total. The summed E-state index contributed by atoms with van der Waals surface area (Å²) in [6.45, 7) is 8.84. The topological polar surface area (TPSA) is 127 Å². The molecule has 1 unspecified atom stereocenters. The highest BCUT2D eigenvalue weighted by Gasteiger charge is 2.52. The van der Waals surface area contributed by atoms with Crippen LogP contribution in [0.5, 0.6) is 5.88 Å². The Morgan fingerprint density at radius 2 is 1.73 bits per heavy atom. The third-order valence-corrected chi connectivity index (χ3v) is 6.01. The molecule has 1 atom stereocenters. The van der Waals surface area contributed by atoms with Crippen LogP contribution in [0.1, 0.15) is 38.3 Å². The second-order valence-electron chi connectivity index (χ2n) is 9.38. The summed E-state index contributed by atoms with van der Waals surface area (Å²) >= 11 is 0. The highest BCUT2D eigenvalue weighted by atomic mass is 19.4. The molecule has 16 heteroatoms. The van der Waals surface area contributed by atoms with Crippen LogP contribution in [0.2, 0.25) is 0 Å². The number of rotatable bonds is 7. The Kier molecular flexibility index (Phi) is 11.3. The first-order chi connectivity index (χ1) is 18.5. The predicted molar refractivity (Wildman–Crippen MR) is 126 cm³/mol. The summed E-state index contributed by atoms with van der Waals surface area (Å²) in [6, 6.07) is 6.17. The number of aromatic nitrogens is 3. The van der Waals surface area contributed by atoms with E-state index in [9.17, 15) is 26.3 Å². The van der Waals surface area contributed by atoms with E-state index < -0.39 is 24.3 Å². The van der Waals surface area contributed by atoms with Gasteiger partial charge in [0.1, 0.15) is 0 Å². The van der Waals surface area contributed by atoms with Gasteiger partial charge in [0.2, 0.25) is 5.88 Å². The van der Waals surface area contributed by atoms with Gasteiger partial charge in [-0.25, -0.2) is 14.6 Å². The van der Waals surface area contributed by atoms with E-state index in [1.54, 1.807) is 6.20 Å². The number of carboxylic acid groups (broad SMARTS) is 2. The van der Waals surface area contributed by atoms with Gasteiger partial charge in [0.15, 0.2) is 0 Å². The van der Waals surface area contributed by atoms with Crippen molar-refractivity contribution in [2.24, 2.45) is 5.92 Å². The van der Waals surface area contributed by atoms with E-state index in [4.69, 9.17) is 29.3 Å². The highest BCUT2D eigenvalue weighted by molar-refractivity contribution is 5.73. The molecule has 0 radical (unpaired) electrons. The van der Waals surface area contributed by atoms with Gasteiger partial charge in [0.05, 0.1) is 18.4 Å². The van der Waals surface area contributed by atoms with Crippen LogP contribution in [-0.4, -0.2) is 86.1 Å². The van der Waals surface area contributed by atoms with Crippen molar-refractivity contribution >= 4 is 11.9 Å². The average molecular weight is 585 g/mol. The van der Waals surface area contributed by atoms with Crippen LogP contribution in [0, 0.1) is 5.92 Å². The molecule has 2 saturated heterocycles. The van der Waals surface area contributed by atoms with E-state index in [0.717, 1.165) is 39.1 Å². The zero-order valence-electron chi connectivity index (χ0n) is 21.7. The van der Waals surface area contributed by atoms with E-state index in [0.29, 0.717) is 24.4 Å². The molecule has 10 nitrogen and oxygen atoms in total. The van der Waals surface area contributed by atoms with Crippen molar-refractivity contribution in [3.8, 4) is 5.88 Å². The Balaban J connectivity index is 0.000000333. The molecule has 0 amide bonds. The predicted octanol–water partition coefficient (Wildman–Crippen LogP) is 4.19. The molecule has 4 rings (SSSR count). The Labute approximate surface area is 225 Å². The first kappa shape index (κ1) is 32.8. The Bertz CT molecular complexity index is 1060. The van der Waals surface area contributed by atoms with E-state index in [1.807, 2.05) is 29.1 Å². The summed E-state index contributed by atoms with van der Waals surface area (Å²) in [4.78, 5) is 24.5. The summed E-state index contributed by atoms with van der Waals surface area (Å²) in [5, 5.41) is 18.7. The quantitative estimate of drug-likeness (QED) is 0.461. The van der Waals surface area contributed by atoms with Gasteiger partial charge in [0, 0.05) is 56.3 Å². The Morgan fingerprint density at radius 3 is 2.20 bits per heavy atom. The minimum atomic E-state index is -5.08. The van der Waals surface area contributed by atoms with Crippen LogP contribution in [0.4, 0.5) is 26.3 Å². The van der Waals surface area contributed by atoms with Gasteiger partial charge in [-0.2, -0.15) is 31.4 Å². The Morgan fingerprint density at radius 1 is 1.12 bits per heavy atom. The maximum absolute atomic E-state index is 10.6. The zero-order chi connectivity index (χ0) is 30.1. The number of ether oxygens (including phenoxy) is 2. The number of carboxylic acids is 2. The van der Waals surface area contributed by atoms with Gasteiger partial charge in [0.25, 0.3) is 0 Å². The number of pyridine rings is 1. The molecule has 4 heterocycles. The summed E-state index contributed by atoms with van der Waals surface area (Å²) in [6.07, 6.45) is -2.11. The van der Waals surface area contributed by atoms with Crippen molar-refractivity contribution in [1.82, 2.24) is 19.7 Å². The summed E-state index contributed by atoms with van der Waals surface area (Å²) in [7, 11) is 0. The number of nitrogens with zero attached hydrogens (tertiary/aromatic N) is 4. The number of likely N-dealkylation sites (tertiary alicyclic amines) is 1. The molecule has 2 fully saturated rings. The summed E-state index contributed by atoms with van der Waals surface area (Å²) in [5.41, 5.74) is 1.31. The number of hydrogen-bond donors (Lipinski definition) is 2. The maximum Gasteiger partial charge on any atom is 0.490 e. The van der Waals surface area contributed by atoms with Crippen molar-refractivity contribution in [3.63, 3.8) is 0 Å². The highest BCUT2D eigenvalue weighted by Crippen LogP contribution is 2.42. The molecule has 2 aliphatic rings. The van der Waals surface area contributed by atoms with E-state index in [1.165, 1.54) is 5.56 Å². The van der Waals surface area contributed by atoms with E-state index in [2.05, 4.69) is 35.0 Å². The molecule has 0 aliphatic carbocycles. The fourth-order valence-electron chi connectivity index (χ4n) is 4.10. The Hall–Kier alpha value is -3.40. The van der Waals surface area contributed by atoms with Crippen molar-refractivity contribution < 1.29 is 55.6 Å². The van der Waals surface area contributed by atoms with Gasteiger partial charge in [-0.05, 0) is 38.7 Å². The number of hydrogen-bond acceptors (Lipinski definition) is 7. The van der Waals surface area contributed by atoms with Crippen molar-refractivity contribution in [1.29, 1.82) is 0 Å². The van der Waals surface area contributed by atoms with Crippen LogP contribution in [-0.2, 0) is 20.9 Å². The smallest absolute Gasteiger partial charge is 0.478 e. The summed E-state index contributed by atoms with van der Waals surface area (Å²) < 4.78 is 77.5. The van der Waals surface area contributed by atoms with E-state index >= 15 is 0 Å². The van der Waals surface area contributed by atoms with Crippen molar-refractivity contribution in [2.75, 3.05) is 26.3 Å². The lowest BCUT2D eigenvalue weighted by Crippen LogP contribution is -2.64. The number of aliphatic carboxylic acids is 2. The van der Waals surface area contributed by atoms with Gasteiger partial charge in [-0.1, -0.05) is 6.07 Å². The van der Waals surface area contributed by atoms with Crippen LogP contribution in [0.25, 0.3) is 0 Å².